The SMILES string of the molecule is CCS(=O)C1CCCCC1NC(=O)N(C)CC1CCCO1. The van der Waals surface area contributed by atoms with Crippen molar-refractivity contribution in [2.75, 3.05) is 26.0 Å². The minimum absolute atomic E-state index is 0.0546. The van der Waals surface area contributed by atoms with Gasteiger partial charge in [-0.15, -0.1) is 0 Å². The van der Waals surface area contributed by atoms with E-state index in [0.717, 1.165) is 45.1 Å². The van der Waals surface area contributed by atoms with Gasteiger partial charge in [0.15, 0.2) is 0 Å². The van der Waals surface area contributed by atoms with Crippen molar-refractivity contribution in [1.82, 2.24) is 10.2 Å². The van der Waals surface area contributed by atoms with E-state index in [1.165, 1.54) is 0 Å². The first-order valence-electron chi connectivity index (χ1n) is 8.12. The predicted octanol–water partition coefficient (Wildman–Crippen LogP) is 1.89. The van der Waals surface area contributed by atoms with Gasteiger partial charge in [-0.1, -0.05) is 19.8 Å². The van der Waals surface area contributed by atoms with Crippen LogP contribution in [0.3, 0.4) is 0 Å². The van der Waals surface area contributed by atoms with Crippen LogP contribution < -0.4 is 5.32 Å². The molecule has 0 radical (unpaired) electrons. The Morgan fingerprint density at radius 3 is 2.71 bits per heavy atom. The van der Waals surface area contributed by atoms with E-state index in [9.17, 15) is 9.00 Å². The fourth-order valence-corrected chi connectivity index (χ4v) is 4.66. The minimum atomic E-state index is -0.835. The molecule has 2 rings (SSSR count). The highest BCUT2D eigenvalue weighted by Gasteiger charge is 2.31. The molecule has 1 saturated heterocycles. The molecule has 1 saturated carbocycles. The molecular formula is C15H28N2O3S. The van der Waals surface area contributed by atoms with Crippen LogP contribution in [0.2, 0.25) is 0 Å². The summed E-state index contributed by atoms with van der Waals surface area (Å²) in [5.74, 6) is 0.669. The summed E-state index contributed by atoms with van der Waals surface area (Å²) in [7, 11) is 0.976. The van der Waals surface area contributed by atoms with E-state index in [2.05, 4.69) is 5.32 Å². The summed E-state index contributed by atoms with van der Waals surface area (Å²) in [6.07, 6.45) is 6.42. The maximum absolute atomic E-state index is 12.3. The Hall–Kier alpha value is -0.620. The second-order valence-corrected chi connectivity index (χ2v) is 8.01. The van der Waals surface area contributed by atoms with Crippen LogP contribution in [0.15, 0.2) is 0 Å². The Morgan fingerprint density at radius 1 is 1.29 bits per heavy atom. The molecule has 0 spiro atoms. The van der Waals surface area contributed by atoms with Crippen LogP contribution in [0.5, 0.6) is 0 Å². The number of hydrogen-bond donors (Lipinski definition) is 1. The third-order valence-corrected chi connectivity index (χ3v) is 6.29. The zero-order valence-electron chi connectivity index (χ0n) is 13.2. The van der Waals surface area contributed by atoms with E-state index in [0.29, 0.717) is 12.3 Å². The molecule has 0 aromatic heterocycles. The van der Waals surface area contributed by atoms with Gasteiger partial charge < -0.3 is 15.0 Å². The van der Waals surface area contributed by atoms with E-state index < -0.39 is 10.8 Å². The Labute approximate surface area is 130 Å². The molecule has 0 aromatic carbocycles. The Balaban J connectivity index is 1.85. The molecule has 2 amide bonds. The maximum atomic E-state index is 12.3. The van der Waals surface area contributed by atoms with E-state index in [4.69, 9.17) is 4.74 Å². The predicted molar refractivity (Wildman–Crippen MR) is 84.9 cm³/mol. The summed E-state index contributed by atoms with van der Waals surface area (Å²) in [5.41, 5.74) is 0. The molecule has 122 valence electrons. The normalized spacial score (nSPS) is 30.9. The maximum Gasteiger partial charge on any atom is 0.317 e. The lowest BCUT2D eigenvalue weighted by Gasteiger charge is -2.33. The molecule has 4 atom stereocenters. The number of rotatable bonds is 5. The van der Waals surface area contributed by atoms with Crippen LogP contribution >= 0.6 is 0 Å². The van der Waals surface area contributed by atoms with Crippen LogP contribution in [0.1, 0.15) is 45.4 Å². The second-order valence-electron chi connectivity index (χ2n) is 6.06. The summed E-state index contributed by atoms with van der Waals surface area (Å²) in [5, 5.41) is 3.21. The molecule has 2 aliphatic rings. The fraction of sp³-hybridized carbons (Fsp3) is 0.933. The lowest BCUT2D eigenvalue weighted by atomic mass is 9.95. The molecule has 2 fully saturated rings. The Morgan fingerprint density at radius 2 is 2.05 bits per heavy atom. The molecule has 1 aliphatic carbocycles. The first-order chi connectivity index (χ1) is 10.1. The zero-order valence-corrected chi connectivity index (χ0v) is 14.0. The second kappa shape index (κ2) is 8.13. The van der Waals surface area contributed by atoms with Crippen molar-refractivity contribution in [1.29, 1.82) is 0 Å². The highest BCUT2D eigenvalue weighted by molar-refractivity contribution is 7.85. The van der Waals surface area contributed by atoms with Crippen LogP contribution in [0.25, 0.3) is 0 Å². The summed E-state index contributed by atoms with van der Waals surface area (Å²) < 4.78 is 17.7. The summed E-state index contributed by atoms with van der Waals surface area (Å²) in [6, 6.07) is -0.00511. The van der Waals surface area contributed by atoms with Crippen LogP contribution in [-0.2, 0) is 15.5 Å². The van der Waals surface area contributed by atoms with Gasteiger partial charge in [-0.2, -0.15) is 0 Å². The average Bonchev–Trinajstić information content (AvgIpc) is 2.99. The number of urea groups is 1. The molecule has 5 nitrogen and oxygen atoms in total. The number of nitrogens with one attached hydrogen (secondary N) is 1. The molecule has 1 heterocycles. The highest BCUT2D eigenvalue weighted by Crippen LogP contribution is 2.23. The Kier molecular flexibility index (Phi) is 6.48. The first-order valence-corrected chi connectivity index (χ1v) is 9.50. The van der Waals surface area contributed by atoms with E-state index in [1.807, 2.05) is 14.0 Å². The van der Waals surface area contributed by atoms with Crippen LogP contribution in [-0.4, -0.2) is 58.5 Å². The van der Waals surface area contributed by atoms with Gasteiger partial charge in [0.05, 0.1) is 11.4 Å². The molecule has 0 aromatic rings. The van der Waals surface area contributed by atoms with Gasteiger partial charge >= 0.3 is 6.03 Å². The van der Waals surface area contributed by atoms with Gasteiger partial charge in [0.25, 0.3) is 0 Å². The molecule has 4 unspecified atom stereocenters. The lowest BCUT2D eigenvalue weighted by Crippen LogP contribution is -2.51. The number of amides is 2. The van der Waals surface area contributed by atoms with Crippen molar-refractivity contribution in [3.05, 3.63) is 0 Å². The van der Waals surface area contributed by atoms with Gasteiger partial charge in [0.2, 0.25) is 0 Å². The minimum Gasteiger partial charge on any atom is -0.376 e. The van der Waals surface area contributed by atoms with Crippen molar-refractivity contribution in [2.24, 2.45) is 0 Å². The number of likely N-dealkylation sites (N-methyl/N-ethyl adjacent to an activating group) is 1. The number of carbonyl (C=O) groups excluding carboxylic acids is 1. The van der Waals surface area contributed by atoms with Crippen molar-refractivity contribution in [3.8, 4) is 0 Å². The van der Waals surface area contributed by atoms with Crippen molar-refractivity contribution in [2.45, 2.75) is 62.8 Å². The molecule has 1 aliphatic heterocycles. The van der Waals surface area contributed by atoms with Gasteiger partial charge in [-0.3, -0.25) is 4.21 Å². The van der Waals surface area contributed by atoms with Gasteiger partial charge in [-0.05, 0) is 25.7 Å². The third-order valence-electron chi connectivity index (χ3n) is 4.48. The highest BCUT2D eigenvalue weighted by atomic mass is 32.2. The molecule has 0 bridgehead atoms. The number of hydrogen-bond acceptors (Lipinski definition) is 3. The van der Waals surface area contributed by atoms with Gasteiger partial charge in [-0.25, -0.2) is 4.79 Å². The molecular weight excluding hydrogens is 288 g/mol. The monoisotopic (exact) mass is 316 g/mol. The Bertz CT molecular complexity index is 372. The standard InChI is InChI=1S/C15H28N2O3S/c1-3-21(19)14-9-5-4-8-13(14)16-15(18)17(2)11-12-7-6-10-20-12/h12-14H,3-11H2,1-2H3,(H,16,18). The third kappa shape index (κ3) is 4.68. The number of carbonyl (C=O) groups is 1. The number of ether oxygens (including phenoxy) is 1. The fourth-order valence-electron chi connectivity index (χ4n) is 3.24. The topological polar surface area (TPSA) is 58.6 Å². The van der Waals surface area contributed by atoms with E-state index >= 15 is 0 Å². The van der Waals surface area contributed by atoms with Crippen LogP contribution in [0.4, 0.5) is 4.79 Å². The van der Waals surface area contributed by atoms with Gasteiger partial charge in [0, 0.05) is 42.8 Å². The van der Waals surface area contributed by atoms with Crippen molar-refractivity contribution >= 4 is 16.8 Å². The molecule has 1 N–H and O–H groups in total. The van der Waals surface area contributed by atoms with E-state index in [-0.39, 0.29) is 23.4 Å². The summed E-state index contributed by atoms with van der Waals surface area (Å²) >= 11 is 0. The smallest absolute Gasteiger partial charge is 0.317 e. The summed E-state index contributed by atoms with van der Waals surface area (Å²) in [4.78, 5) is 14.0. The average molecular weight is 316 g/mol. The van der Waals surface area contributed by atoms with Gasteiger partial charge in [0.1, 0.15) is 0 Å². The largest absolute Gasteiger partial charge is 0.376 e. The summed E-state index contributed by atoms with van der Waals surface area (Å²) in [6.45, 7) is 3.40. The number of nitrogens with zero attached hydrogens (tertiary/aromatic N) is 1. The lowest BCUT2D eigenvalue weighted by molar-refractivity contribution is 0.0867. The van der Waals surface area contributed by atoms with Crippen LogP contribution in [0, 0.1) is 0 Å². The van der Waals surface area contributed by atoms with Crippen molar-refractivity contribution < 1.29 is 13.7 Å². The quantitative estimate of drug-likeness (QED) is 0.842. The molecule has 6 heteroatoms. The van der Waals surface area contributed by atoms with E-state index in [1.54, 1.807) is 4.90 Å². The first kappa shape index (κ1) is 16.7. The van der Waals surface area contributed by atoms with Crippen molar-refractivity contribution in [3.63, 3.8) is 0 Å². The zero-order chi connectivity index (χ0) is 15.2. The molecule has 21 heavy (non-hydrogen) atoms.